The number of likely N-dealkylation sites (tertiary alicyclic amines) is 1. The zero-order valence-corrected chi connectivity index (χ0v) is 17.0. The molecule has 1 N–H and O–H groups in total. The van der Waals surface area contributed by atoms with E-state index in [2.05, 4.69) is 45.2 Å². The number of nitrogens with one attached hydrogen (secondary N) is 1. The van der Waals surface area contributed by atoms with Gasteiger partial charge in [-0.25, -0.2) is 0 Å². The second-order valence-corrected chi connectivity index (χ2v) is 8.72. The highest BCUT2D eigenvalue weighted by molar-refractivity contribution is 9.10. The van der Waals surface area contributed by atoms with Gasteiger partial charge in [0.15, 0.2) is 0 Å². The predicted molar refractivity (Wildman–Crippen MR) is 107 cm³/mol. The Balaban J connectivity index is 1.45. The second kappa shape index (κ2) is 11.2. The molecule has 1 amide bonds. The van der Waals surface area contributed by atoms with Crippen LogP contribution in [0.25, 0.3) is 0 Å². The molecular formula is C19H29BrN2OS. The number of rotatable bonds is 9. The number of piperidine rings is 1. The van der Waals surface area contributed by atoms with Crippen molar-refractivity contribution in [1.82, 2.24) is 10.2 Å². The van der Waals surface area contributed by atoms with Crippen LogP contribution in [0, 0.1) is 5.92 Å². The Morgan fingerprint density at radius 2 is 1.96 bits per heavy atom. The minimum absolute atomic E-state index is 0.173. The zero-order valence-electron chi connectivity index (χ0n) is 14.6. The number of hydrogen-bond acceptors (Lipinski definition) is 3. The van der Waals surface area contributed by atoms with Gasteiger partial charge in [-0.05, 0) is 75.5 Å². The molecule has 1 aromatic carbocycles. The summed E-state index contributed by atoms with van der Waals surface area (Å²) in [6, 6.07) is 8.22. The van der Waals surface area contributed by atoms with Gasteiger partial charge in [0, 0.05) is 28.1 Å². The highest BCUT2D eigenvalue weighted by Crippen LogP contribution is 2.21. The molecule has 134 valence electrons. The fourth-order valence-electron chi connectivity index (χ4n) is 2.85. The van der Waals surface area contributed by atoms with Crippen LogP contribution in [0.4, 0.5) is 0 Å². The van der Waals surface area contributed by atoms with Gasteiger partial charge in [0.25, 0.3) is 0 Å². The topological polar surface area (TPSA) is 32.3 Å². The largest absolute Gasteiger partial charge is 0.356 e. The molecule has 2 rings (SSSR count). The molecule has 5 heteroatoms. The Morgan fingerprint density at radius 1 is 1.25 bits per heavy atom. The average molecular weight is 413 g/mol. The standard InChI is InChI=1S/C19H29BrN2OS/c1-16-8-13-22(14-9-16)12-3-2-11-21-19(23)10-15-24-18-6-4-17(20)5-7-18/h4-7,16H,2-3,8-15H2,1H3,(H,21,23). The summed E-state index contributed by atoms with van der Waals surface area (Å²) in [7, 11) is 0. The number of unbranched alkanes of at least 4 members (excludes halogenated alkanes) is 1. The number of benzene rings is 1. The smallest absolute Gasteiger partial charge is 0.220 e. The summed E-state index contributed by atoms with van der Waals surface area (Å²) < 4.78 is 1.09. The molecule has 1 fully saturated rings. The van der Waals surface area contributed by atoms with Gasteiger partial charge < -0.3 is 10.2 Å². The van der Waals surface area contributed by atoms with Crippen molar-refractivity contribution in [2.75, 3.05) is 31.9 Å². The third-order valence-corrected chi connectivity index (χ3v) is 6.05. The van der Waals surface area contributed by atoms with Crippen molar-refractivity contribution < 1.29 is 4.79 Å². The van der Waals surface area contributed by atoms with Crippen molar-refractivity contribution in [2.45, 2.75) is 43.9 Å². The summed E-state index contributed by atoms with van der Waals surface area (Å²) in [4.78, 5) is 15.6. The Labute approximate surface area is 159 Å². The fraction of sp³-hybridized carbons (Fsp3) is 0.632. The number of carbonyl (C=O) groups excluding carboxylic acids is 1. The van der Waals surface area contributed by atoms with Gasteiger partial charge in [0.1, 0.15) is 0 Å². The van der Waals surface area contributed by atoms with E-state index in [1.54, 1.807) is 11.8 Å². The van der Waals surface area contributed by atoms with E-state index >= 15 is 0 Å². The lowest BCUT2D eigenvalue weighted by Gasteiger charge is -2.30. The van der Waals surface area contributed by atoms with Gasteiger partial charge in [-0.1, -0.05) is 22.9 Å². The first-order chi connectivity index (χ1) is 11.6. The molecule has 1 aliphatic heterocycles. The molecule has 1 aromatic rings. The maximum absolute atomic E-state index is 11.8. The molecule has 0 spiro atoms. The van der Waals surface area contributed by atoms with Crippen molar-refractivity contribution in [3.63, 3.8) is 0 Å². The SMILES string of the molecule is CC1CCN(CCCCNC(=O)CCSc2ccc(Br)cc2)CC1. The van der Waals surface area contributed by atoms with Crippen LogP contribution in [-0.2, 0) is 4.79 Å². The van der Waals surface area contributed by atoms with E-state index < -0.39 is 0 Å². The molecule has 0 bridgehead atoms. The Hall–Kier alpha value is -0.520. The summed E-state index contributed by atoms with van der Waals surface area (Å²) in [5.41, 5.74) is 0. The van der Waals surface area contributed by atoms with Gasteiger partial charge in [-0.3, -0.25) is 4.79 Å². The number of amides is 1. The third kappa shape index (κ3) is 8.04. The monoisotopic (exact) mass is 412 g/mol. The van der Waals surface area contributed by atoms with Crippen LogP contribution in [0.2, 0.25) is 0 Å². The summed E-state index contributed by atoms with van der Waals surface area (Å²) >= 11 is 5.16. The summed E-state index contributed by atoms with van der Waals surface area (Å²) in [5.74, 6) is 1.90. The van der Waals surface area contributed by atoms with Gasteiger partial charge in [0.2, 0.25) is 5.91 Å². The van der Waals surface area contributed by atoms with E-state index in [4.69, 9.17) is 0 Å². The summed E-state index contributed by atoms with van der Waals surface area (Å²) in [6.07, 6.45) is 5.53. The Morgan fingerprint density at radius 3 is 2.67 bits per heavy atom. The first kappa shape index (κ1) is 19.8. The van der Waals surface area contributed by atoms with E-state index in [1.165, 1.54) is 43.8 Å². The maximum atomic E-state index is 11.8. The van der Waals surface area contributed by atoms with Crippen LogP contribution in [0.15, 0.2) is 33.6 Å². The van der Waals surface area contributed by atoms with Crippen molar-refractivity contribution in [3.05, 3.63) is 28.7 Å². The lowest BCUT2D eigenvalue weighted by atomic mass is 9.99. The first-order valence-corrected chi connectivity index (χ1v) is 10.8. The van der Waals surface area contributed by atoms with E-state index in [0.717, 1.165) is 29.1 Å². The Bertz CT molecular complexity index is 487. The molecule has 0 saturated carbocycles. The fourth-order valence-corrected chi connectivity index (χ4v) is 3.97. The minimum Gasteiger partial charge on any atom is -0.356 e. The quantitative estimate of drug-likeness (QED) is 0.476. The van der Waals surface area contributed by atoms with Crippen LogP contribution in [-0.4, -0.2) is 42.7 Å². The van der Waals surface area contributed by atoms with Crippen LogP contribution in [0.5, 0.6) is 0 Å². The molecule has 1 saturated heterocycles. The average Bonchev–Trinajstić information content (AvgIpc) is 2.58. The van der Waals surface area contributed by atoms with Crippen molar-refractivity contribution in [1.29, 1.82) is 0 Å². The van der Waals surface area contributed by atoms with E-state index in [1.807, 2.05) is 12.1 Å². The molecule has 24 heavy (non-hydrogen) atoms. The summed E-state index contributed by atoms with van der Waals surface area (Å²) in [5, 5.41) is 3.04. The normalized spacial score (nSPS) is 16.2. The number of halogens is 1. The molecule has 0 unspecified atom stereocenters. The van der Waals surface area contributed by atoms with Crippen molar-refractivity contribution in [2.24, 2.45) is 5.92 Å². The van der Waals surface area contributed by atoms with Crippen LogP contribution >= 0.6 is 27.7 Å². The number of thioether (sulfide) groups is 1. The molecule has 1 aliphatic rings. The Kier molecular flexibility index (Phi) is 9.21. The number of hydrogen-bond donors (Lipinski definition) is 1. The van der Waals surface area contributed by atoms with E-state index in [9.17, 15) is 4.79 Å². The van der Waals surface area contributed by atoms with Crippen molar-refractivity contribution in [3.8, 4) is 0 Å². The highest BCUT2D eigenvalue weighted by atomic mass is 79.9. The van der Waals surface area contributed by atoms with Gasteiger partial charge >= 0.3 is 0 Å². The molecule has 3 nitrogen and oxygen atoms in total. The van der Waals surface area contributed by atoms with Gasteiger partial charge in [-0.2, -0.15) is 0 Å². The second-order valence-electron chi connectivity index (χ2n) is 6.63. The van der Waals surface area contributed by atoms with Crippen LogP contribution in [0.1, 0.15) is 39.0 Å². The predicted octanol–water partition coefficient (Wildman–Crippen LogP) is 4.56. The van der Waals surface area contributed by atoms with Crippen LogP contribution in [0.3, 0.4) is 0 Å². The first-order valence-electron chi connectivity index (χ1n) is 9.01. The molecule has 0 atom stereocenters. The molecular weight excluding hydrogens is 384 g/mol. The van der Waals surface area contributed by atoms with Gasteiger partial charge in [0.05, 0.1) is 0 Å². The number of nitrogens with zero attached hydrogens (tertiary/aromatic N) is 1. The van der Waals surface area contributed by atoms with Crippen LogP contribution < -0.4 is 5.32 Å². The third-order valence-electron chi connectivity index (χ3n) is 4.51. The molecule has 1 heterocycles. The number of carbonyl (C=O) groups is 1. The molecule has 0 aliphatic carbocycles. The minimum atomic E-state index is 0.173. The summed E-state index contributed by atoms with van der Waals surface area (Å²) in [6.45, 7) is 6.84. The van der Waals surface area contributed by atoms with Crippen molar-refractivity contribution >= 4 is 33.6 Å². The maximum Gasteiger partial charge on any atom is 0.220 e. The van der Waals surface area contributed by atoms with Gasteiger partial charge in [-0.15, -0.1) is 11.8 Å². The lowest BCUT2D eigenvalue weighted by molar-refractivity contribution is -0.120. The zero-order chi connectivity index (χ0) is 17.2. The van der Waals surface area contributed by atoms with E-state index in [0.29, 0.717) is 6.42 Å². The lowest BCUT2D eigenvalue weighted by Crippen LogP contribution is -2.34. The molecule has 0 aromatic heterocycles. The van der Waals surface area contributed by atoms with E-state index in [-0.39, 0.29) is 5.91 Å². The molecule has 0 radical (unpaired) electrons. The highest BCUT2D eigenvalue weighted by Gasteiger charge is 2.14.